The molecule has 0 bridgehead atoms. The summed E-state index contributed by atoms with van der Waals surface area (Å²) >= 11 is 0. The van der Waals surface area contributed by atoms with E-state index in [0.717, 1.165) is 6.07 Å². The van der Waals surface area contributed by atoms with Crippen LogP contribution in [-0.4, -0.2) is 21.0 Å². The van der Waals surface area contributed by atoms with E-state index < -0.39 is 35.0 Å². The highest BCUT2D eigenvalue weighted by Gasteiger charge is 2.26. The number of aliphatic carboxylic acids is 1. The third kappa shape index (κ3) is 2.92. The Morgan fingerprint density at radius 3 is 2.65 bits per heavy atom. The first-order chi connectivity index (χ1) is 7.82. The van der Waals surface area contributed by atoms with E-state index in [1.807, 2.05) is 0 Å². The van der Waals surface area contributed by atoms with Gasteiger partial charge < -0.3 is 5.11 Å². The minimum atomic E-state index is -3.05. The topological polar surface area (TPSA) is 93.3 Å². The van der Waals surface area contributed by atoms with Crippen molar-refractivity contribution in [3.8, 4) is 0 Å². The van der Waals surface area contributed by atoms with E-state index in [4.69, 9.17) is 5.11 Å². The van der Waals surface area contributed by atoms with E-state index in [1.165, 1.54) is 6.92 Å². The van der Waals surface area contributed by atoms with Crippen LogP contribution in [0.3, 0.4) is 0 Å². The summed E-state index contributed by atoms with van der Waals surface area (Å²) in [7, 11) is 0. The minimum absolute atomic E-state index is 0.129. The number of pyridine rings is 1. The molecule has 1 rings (SSSR count). The highest BCUT2D eigenvalue weighted by atomic mass is 19.3. The van der Waals surface area contributed by atoms with Crippen LogP contribution < -0.4 is 0 Å². The summed E-state index contributed by atoms with van der Waals surface area (Å²) in [5, 5.41) is 19.1. The molecule has 17 heavy (non-hydrogen) atoms. The van der Waals surface area contributed by atoms with Crippen molar-refractivity contribution in [1.82, 2.24) is 4.98 Å². The SMILES string of the molecule is Cc1nc(CC(=O)O)cc(C(F)F)c1[N+](=O)[O-]. The molecule has 92 valence electrons. The molecule has 0 saturated carbocycles. The second-order valence-electron chi connectivity index (χ2n) is 3.27. The fraction of sp³-hybridized carbons (Fsp3) is 0.333. The van der Waals surface area contributed by atoms with Gasteiger partial charge in [-0.2, -0.15) is 0 Å². The lowest BCUT2D eigenvalue weighted by Gasteiger charge is -2.06. The maximum Gasteiger partial charge on any atom is 0.309 e. The predicted octanol–water partition coefficient (Wildman–Crippen LogP) is 1.86. The van der Waals surface area contributed by atoms with Gasteiger partial charge >= 0.3 is 5.97 Å². The second-order valence-corrected chi connectivity index (χ2v) is 3.27. The number of hydrogen-bond donors (Lipinski definition) is 1. The monoisotopic (exact) mass is 246 g/mol. The summed E-state index contributed by atoms with van der Waals surface area (Å²) in [6.45, 7) is 1.19. The van der Waals surface area contributed by atoms with E-state index in [1.54, 1.807) is 0 Å². The Kier molecular flexibility index (Phi) is 3.66. The number of hydrogen-bond acceptors (Lipinski definition) is 4. The number of rotatable bonds is 4. The maximum absolute atomic E-state index is 12.6. The molecule has 0 aromatic carbocycles. The summed E-state index contributed by atoms with van der Waals surface area (Å²) in [4.78, 5) is 23.7. The average Bonchev–Trinajstić information content (AvgIpc) is 2.14. The molecular formula is C9H8F2N2O4. The lowest BCUT2D eigenvalue weighted by atomic mass is 10.1. The minimum Gasteiger partial charge on any atom is -0.481 e. The van der Waals surface area contributed by atoms with Crippen molar-refractivity contribution >= 4 is 11.7 Å². The normalized spacial score (nSPS) is 10.6. The number of carboxylic acid groups (broad SMARTS) is 1. The zero-order valence-electron chi connectivity index (χ0n) is 8.68. The molecule has 0 fully saturated rings. The summed E-state index contributed by atoms with van der Waals surface area (Å²) in [6, 6.07) is 0.754. The highest BCUT2D eigenvalue weighted by molar-refractivity contribution is 5.70. The second kappa shape index (κ2) is 4.81. The van der Waals surface area contributed by atoms with Gasteiger partial charge in [-0.25, -0.2) is 8.78 Å². The van der Waals surface area contributed by atoms with E-state index in [9.17, 15) is 23.7 Å². The molecule has 1 heterocycles. The summed E-state index contributed by atoms with van der Waals surface area (Å²) < 4.78 is 25.2. The Morgan fingerprint density at radius 2 is 2.24 bits per heavy atom. The Labute approximate surface area is 94.1 Å². The van der Waals surface area contributed by atoms with E-state index in [0.29, 0.717) is 0 Å². The molecule has 0 atom stereocenters. The van der Waals surface area contributed by atoms with Crippen molar-refractivity contribution in [3.63, 3.8) is 0 Å². The average molecular weight is 246 g/mol. The van der Waals surface area contributed by atoms with Gasteiger partial charge in [-0.3, -0.25) is 19.9 Å². The quantitative estimate of drug-likeness (QED) is 0.646. The van der Waals surface area contributed by atoms with Crippen LogP contribution in [0, 0.1) is 17.0 Å². The molecule has 1 aromatic rings. The summed E-state index contributed by atoms with van der Waals surface area (Å²) in [6.07, 6.45) is -3.61. The van der Waals surface area contributed by atoms with Gasteiger partial charge in [0.05, 0.1) is 22.6 Å². The fourth-order valence-electron chi connectivity index (χ4n) is 1.41. The zero-order chi connectivity index (χ0) is 13.2. The van der Waals surface area contributed by atoms with Gasteiger partial charge in [0.2, 0.25) is 0 Å². The summed E-state index contributed by atoms with van der Waals surface area (Å²) in [5.41, 5.74) is -1.92. The molecule has 0 aliphatic rings. The number of nitrogens with zero attached hydrogens (tertiary/aromatic N) is 2. The van der Waals surface area contributed by atoms with E-state index >= 15 is 0 Å². The van der Waals surface area contributed by atoms with Crippen molar-refractivity contribution in [2.24, 2.45) is 0 Å². The summed E-state index contributed by atoms with van der Waals surface area (Å²) in [5.74, 6) is -1.24. The number of alkyl halides is 2. The Morgan fingerprint density at radius 1 is 1.65 bits per heavy atom. The largest absolute Gasteiger partial charge is 0.481 e. The molecule has 0 saturated heterocycles. The van der Waals surface area contributed by atoms with Crippen LogP contribution in [-0.2, 0) is 11.2 Å². The molecular weight excluding hydrogens is 238 g/mol. The van der Waals surface area contributed by atoms with Crippen LogP contribution in [0.4, 0.5) is 14.5 Å². The number of halogens is 2. The number of carboxylic acids is 1. The van der Waals surface area contributed by atoms with E-state index in [2.05, 4.69) is 4.98 Å². The Bertz CT molecular complexity index is 476. The molecule has 0 radical (unpaired) electrons. The van der Waals surface area contributed by atoms with E-state index in [-0.39, 0.29) is 11.4 Å². The number of aryl methyl sites for hydroxylation is 1. The smallest absolute Gasteiger partial charge is 0.309 e. The first-order valence-electron chi connectivity index (χ1n) is 4.47. The third-order valence-electron chi connectivity index (χ3n) is 2.00. The number of aromatic nitrogens is 1. The van der Waals surface area contributed by atoms with Gasteiger partial charge in [-0.15, -0.1) is 0 Å². The van der Waals surface area contributed by atoms with Crippen LogP contribution in [0.1, 0.15) is 23.4 Å². The molecule has 1 aromatic heterocycles. The first-order valence-corrected chi connectivity index (χ1v) is 4.47. The molecule has 0 aliphatic carbocycles. The van der Waals surface area contributed by atoms with Crippen molar-refractivity contribution < 1.29 is 23.6 Å². The third-order valence-corrected chi connectivity index (χ3v) is 2.00. The van der Waals surface area contributed by atoms with Crippen molar-refractivity contribution in [2.45, 2.75) is 19.8 Å². The molecule has 6 nitrogen and oxygen atoms in total. The Balaban J connectivity index is 3.35. The molecule has 0 amide bonds. The maximum atomic E-state index is 12.6. The Hall–Kier alpha value is -2.12. The molecule has 1 N–H and O–H groups in total. The number of carbonyl (C=O) groups is 1. The van der Waals surface area contributed by atoms with Gasteiger partial charge in [0, 0.05) is 0 Å². The standard InChI is InChI=1S/C9H8F2N2O4/c1-4-8(13(16)17)6(9(10)11)2-5(12-4)3-7(14)15/h2,9H,3H2,1H3,(H,14,15). The molecule has 0 unspecified atom stereocenters. The highest BCUT2D eigenvalue weighted by Crippen LogP contribution is 2.31. The van der Waals surface area contributed by atoms with Gasteiger partial charge in [0.1, 0.15) is 5.69 Å². The van der Waals surface area contributed by atoms with Gasteiger partial charge in [0.15, 0.2) is 0 Å². The van der Waals surface area contributed by atoms with Gasteiger partial charge in [-0.1, -0.05) is 0 Å². The molecule has 0 aliphatic heterocycles. The van der Waals surface area contributed by atoms with Crippen LogP contribution in [0.15, 0.2) is 6.07 Å². The number of nitro groups is 1. The first kappa shape index (κ1) is 12.9. The van der Waals surface area contributed by atoms with Crippen LogP contribution in [0.25, 0.3) is 0 Å². The van der Waals surface area contributed by atoms with Crippen molar-refractivity contribution in [1.29, 1.82) is 0 Å². The molecule has 8 heteroatoms. The van der Waals surface area contributed by atoms with Crippen molar-refractivity contribution in [2.75, 3.05) is 0 Å². The van der Waals surface area contributed by atoms with Crippen LogP contribution in [0.2, 0.25) is 0 Å². The zero-order valence-corrected chi connectivity index (χ0v) is 8.68. The lowest BCUT2D eigenvalue weighted by molar-refractivity contribution is -0.387. The van der Waals surface area contributed by atoms with Gasteiger partial charge in [-0.05, 0) is 13.0 Å². The van der Waals surface area contributed by atoms with Crippen molar-refractivity contribution in [3.05, 3.63) is 33.1 Å². The molecule has 0 spiro atoms. The lowest BCUT2D eigenvalue weighted by Crippen LogP contribution is -2.07. The van der Waals surface area contributed by atoms with Gasteiger partial charge in [0.25, 0.3) is 12.1 Å². The van der Waals surface area contributed by atoms with Crippen LogP contribution in [0.5, 0.6) is 0 Å². The van der Waals surface area contributed by atoms with Crippen LogP contribution >= 0.6 is 0 Å². The predicted molar refractivity (Wildman–Crippen MR) is 51.9 cm³/mol. The fourth-order valence-corrected chi connectivity index (χ4v) is 1.41.